The first-order valence-electron chi connectivity index (χ1n) is 7.10. The fourth-order valence-electron chi connectivity index (χ4n) is 2.32. The maximum atomic E-state index is 12.7. The molecule has 134 valence electrons. The van der Waals surface area contributed by atoms with Crippen molar-refractivity contribution in [1.82, 2.24) is 4.98 Å². The van der Waals surface area contributed by atoms with Crippen LogP contribution in [-0.4, -0.2) is 36.6 Å². The number of aromatic nitrogens is 1. The van der Waals surface area contributed by atoms with Crippen LogP contribution in [0.25, 0.3) is 0 Å². The number of alkyl halides is 5. The van der Waals surface area contributed by atoms with Crippen LogP contribution in [0.4, 0.5) is 27.1 Å². The number of ketones is 1. The lowest BCUT2D eigenvalue weighted by atomic mass is 10.1. The molecule has 25 heavy (non-hydrogen) atoms. The summed E-state index contributed by atoms with van der Waals surface area (Å²) in [6.45, 7) is -2.41. The van der Waals surface area contributed by atoms with Crippen molar-refractivity contribution in [2.24, 2.45) is 0 Å². The number of halogens is 5. The summed E-state index contributed by atoms with van der Waals surface area (Å²) in [5.74, 6) is -0.573. The average Bonchev–Trinajstić information content (AvgIpc) is 2.98. The second-order valence-electron chi connectivity index (χ2n) is 5.34. The third-order valence-corrected chi connectivity index (χ3v) is 4.64. The zero-order chi connectivity index (χ0) is 18.2. The lowest BCUT2D eigenvalue weighted by Crippen LogP contribution is -2.52. The van der Waals surface area contributed by atoms with Gasteiger partial charge in [-0.3, -0.25) is 4.79 Å². The largest absolute Gasteiger partial charge is 0.416 e. The van der Waals surface area contributed by atoms with E-state index < -0.39 is 30.2 Å². The van der Waals surface area contributed by atoms with Crippen LogP contribution in [0.5, 0.6) is 0 Å². The molecule has 0 atom stereocenters. The number of thiazole rings is 1. The molecule has 2 heterocycles. The Morgan fingerprint density at radius 2 is 2.04 bits per heavy atom. The minimum absolute atomic E-state index is 0.0902. The Morgan fingerprint density at radius 3 is 2.68 bits per heavy atom. The van der Waals surface area contributed by atoms with E-state index in [-0.39, 0.29) is 23.5 Å². The summed E-state index contributed by atoms with van der Waals surface area (Å²) in [6.07, 6.45) is -3.87. The fourth-order valence-corrected chi connectivity index (χ4v) is 3.22. The van der Waals surface area contributed by atoms with Crippen molar-refractivity contribution in [3.05, 3.63) is 46.5 Å². The molecule has 1 fully saturated rings. The highest BCUT2D eigenvalue weighted by Gasteiger charge is 2.33. The van der Waals surface area contributed by atoms with Crippen molar-refractivity contribution in [2.75, 3.05) is 18.0 Å². The van der Waals surface area contributed by atoms with E-state index in [9.17, 15) is 26.7 Å². The van der Waals surface area contributed by atoms with Crippen LogP contribution >= 0.6 is 11.3 Å². The minimum Gasteiger partial charge on any atom is -0.343 e. The summed E-state index contributed by atoms with van der Waals surface area (Å²) in [7, 11) is 0. The summed E-state index contributed by atoms with van der Waals surface area (Å²) in [5, 5.41) is 0.435. The van der Waals surface area contributed by atoms with Gasteiger partial charge >= 0.3 is 12.8 Å². The Kier molecular flexibility index (Phi) is 4.74. The van der Waals surface area contributed by atoms with Gasteiger partial charge in [0.15, 0.2) is 5.13 Å². The van der Waals surface area contributed by atoms with E-state index in [1.54, 1.807) is 4.90 Å². The van der Waals surface area contributed by atoms with Crippen LogP contribution in [-0.2, 0) is 10.9 Å². The maximum Gasteiger partial charge on any atom is 0.416 e. The molecular weight excluding hydrogens is 367 g/mol. The number of carbonyl (C=O) groups excluding carboxylic acids is 1. The Balaban J connectivity index is 1.70. The van der Waals surface area contributed by atoms with Crippen LogP contribution in [0.1, 0.15) is 20.8 Å². The van der Waals surface area contributed by atoms with Crippen molar-refractivity contribution in [1.29, 1.82) is 0 Å². The second kappa shape index (κ2) is 6.68. The molecule has 0 radical (unpaired) electrons. The first kappa shape index (κ1) is 17.7. The highest BCUT2D eigenvalue weighted by molar-refractivity contribution is 7.17. The second-order valence-corrected chi connectivity index (χ2v) is 6.35. The zero-order valence-corrected chi connectivity index (χ0v) is 13.3. The van der Waals surface area contributed by atoms with Gasteiger partial charge in [0.05, 0.1) is 22.7 Å². The number of anilines is 1. The Labute approximate surface area is 142 Å². The molecule has 4 nitrogen and oxygen atoms in total. The molecule has 10 heteroatoms. The molecule has 0 aliphatic carbocycles. The van der Waals surface area contributed by atoms with E-state index in [0.29, 0.717) is 5.13 Å². The molecule has 0 bridgehead atoms. The lowest BCUT2D eigenvalue weighted by molar-refractivity contribution is -0.167. The number of ether oxygens (including phenoxy) is 1. The molecule has 0 unspecified atom stereocenters. The molecule has 0 spiro atoms. The van der Waals surface area contributed by atoms with E-state index in [4.69, 9.17) is 0 Å². The molecule has 2 aromatic rings. The standard InChI is InChI=1S/C15H11F5N2O2S/c16-13(17)24-10-6-22(7-10)14-21-5-11(25-14)12(23)8-2-1-3-9(4-8)15(18,19)20/h1-5,10,13H,6-7H2. The van der Waals surface area contributed by atoms with E-state index in [1.165, 1.54) is 18.3 Å². The zero-order valence-electron chi connectivity index (χ0n) is 12.5. The lowest BCUT2D eigenvalue weighted by Gasteiger charge is -2.38. The van der Waals surface area contributed by atoms with Crippen LogP contribution in [0, 0.1) is 0 Å². The number of hydrogen-bond donors (Lipinski definition) is 0. The third kappa shape index (κ3) is 3.96. The SMILES string of the molecule is O=C(c1cccc(C(F)(F)F)c1)c1cnc(N2CC(OC(F)F)C2)s1. The van der Waals surface area contributed by atoms with Crippen LogP contribution in [0.15, 0.2) is 30.5 Å². The molecule has 1 aromatic heterocycles. The van der Waals surface area contributed by atoms with Crippen LogP contribution in [0.3, 0.4) is 0 Å². The van der Waals surface area contributed by atoms with Gasteiger partial charge in [0.1, 0.15) is 0 Å². The summed E-state index contributed by atoms with van der Waals surface area (Å²) in [6, 6.07) is 4.14. The number of benzene rings is 1. The molecule has 1 aromatic carbocycles. The number of hydrogen-bond acceptors (Lipinski definition) is 5. The summed E-state index contributed by atoms with van der Waals surface area (Å²) in [5.41, 5.74) is -0.995. The minimum atomic E-state index is -4.54. The molecule has 1 aliphatic rings. The summed E-state index contributed by atoms with van der Waals surface area (Å²) < 4.78 is 66.7. The molecule has 1 saturated heterocycles. The number of carbonyl (C=O) groups is 1. The number of rotatable bonds is 5. The monoisotopic (exact) mass is 378 g/mol. The van der Waals surface area contributed by atoms with Gasteiger partial charge in [0, 0.05) is 18.7 Å². The first-order chi connectivity index (χ1) is 11.7. The quantitative estimate of drug-likeness (QED) is 0.586. The van der Waals surface area contributed by atoms with Crippen molar-refractivity contribution < 1.29 is 31.5 Å². The molecule has 1 aliphatic heterocycles. The van der Waals surface area contributed by atoms with E-state index in [0.717, 1.165) is 23.5 Å². The van der Waals surface area contributed by atoms with E-state index in [1.807, 2.05) is 0 Å². The molecule has 0 amide bonds. The predicted octanol–water partition coefficient (Wildman–Crippen LogP) is 3.82. The van der Waals surface area contributed by atoms with Crippen LogP contribution < -0.4 is 4.90 Å². The van der Waals surface area contributed by atoms with Gasteiger partial charge in [-0.15, -0.1) is 0 Å². The Hall–Kier alpha value is -2.07. The highest BCUT2D eigenvalue weighted by Crippen LogP contribution is 2.32. The normalized spacial score (nSPS) is 15.5. The topological polar surface area (TPSA) is 42.4 Å². The summed E-state index contributed by atoms with van der Waals surface area (Å²) >= 11 is 0.995. The predicted molar refractivity (Wildman–Crippen MR) is 80.1 cm³/mol. The van der Waals surface area contributed by atoms with Gasteiger partial charge in [-0.2, -0.15) is 22.0 Å². The smallest absolute Gasteiger partial charge is 0.343 e. The van der Waals surface area contributed by atoms with Gasteiger partial charge < -0.3 is 9.64 Å². The highest BCUT2D eigenvalue weighted by atomic mass is 32.1. The van der Waals surface area contributed by atoms with Crippen LogP contribution in [0.2, 0.25) is 0 Å². The third-order valence-electron chi connectivity index (χ3n) is 3.58. The van der Waals surface area contributed by atoms with E-state index >= 15 is 0 Å². The van der Waals surface area contributed by atoms with Crippen molar-refractivity contribution in [3.8, 4) is 0 Å². The van der Waals surface area contributed by atoms with Crippen molar-refractivity contribution >= 4 is 22.3 Å². The Bertz CT molecular complexity index is 771. The van der Waals surface area contributed by atoms with Crippen molar-refractivity contribution in [3.63, 3.8) is 0 Å². The molecule has 0 N–H and O–H groups in total. The van der Waals surface area contributed by atoms with Gasteiger partial charge in [0.25, 0.3) is 0 Å². The van der Waals surface area contributed by atoms with Gasteiger partial charge in [-0.05, 0) is 12.1 Å². The summed E-state index contributed by atoms with van der Waals surface area (Å²) in [4.78, 5) is 18.2. The van der Waals surface area contributed by atoms with Gasteiger partial charge in [0.2, 0.25) is 5.78 Å². The van der Waals surface area contributed by atoms with E-state index in [2.05, 4.69) is 9.72 Å². The van der Waals surface area contributed by atoms with Crippen molar-refractivity contribution in [2.45, 2.75) is 18.9 Å². The fraction of sp³-hybridized carbons (Fsp3) is 0.333. The first-order valence-corrected chi connectivity index (χ1v) is 7.92. The Morgan fingerprint density at radius 1 is 1.32 bits per heavy atom. The molecular formula is C15H11F5N2O2S. The molecule has 0 saturated carbocycles. The average molecular weight is 378 g/mol. The maximum absolute atomic E-state index is 12.7. The van der Waals surface area contributed by atoms with Gasteiger partial charge in [-0.1, -0.05) is 23.5 Å². The van der Waals surface area contributed by atoms with Gasteiger partial charge in [-0.25, -0.2) is 4.98 Å². The number of nitrogens with zero attached hydrogens (tertiary/aromatic N) is 2. The molecule has 3 rings (SSSR count).